The van der Waals surface area contributed by atoms with Gasteiger partial charge in [0, 0.05) is 41.3 Å². The number of fused-ring (bicyclic) bond motifs is 1. The predicted octanol–water partition coefficient (Wildman–Crippen LogP) is 3.55. The normalized spacial score (nSPS) is 17.6. The van der Waals surface area contributed by atoms with E-state index in [1.807, 2.05) is 42.2 Å². The second kappa shape index (κ2) is 5.91. The van der Waals surface area contributed by atoms with Crippen LogP contribution in [0.5, 0.6) is 0 Å². The van der Waals surface area contributed by atoms with E-state index in [1.165, 1.54) is 5.56 Å². The third-order valence-corrected chi connectivity index (χ3v) is 4.92. The number of halogens is 1. The highest BCUT2D eigenvalue weighted by Crippen LogP contribution is 2.29. The van der Waals surface area contributed by atoms with Crippen LogP contribution in [0.25, 0.3) is 11.0 Å². The van der Waals surface area contributed by atoms with Crippen LogP contribution in [0.15, 0.2) is 36.5 Å². The molecule has 1 N–H and O–H groups in total. The lowest BCUT2D eigenvalue weighted by Gasteiger charge is -2.16. The number of aromatic nitrogens is 3. The number of pyridine rings is 1. The van der Waals surface area contributed by atoms with E-state index in [0.29, 0.717) is 17.1 Å². The molecule has 0 radical (unpaired) electrons. The van der Waals surface area contributed by atoms with Crippen molar-refractivity contribution in [2.75, 3.05) is 13.1 Å². The van der Waals surface area contributed by atoms with Crippen LogP contribution in [0.1, 0.15) is 34.0 Å². The molecule has 1 atom stereocenters. The summed E-state index contributed by atoms with van der Waals surface area (Å²) in [6, 6.07) is 9.77. The first-order chi connectivity index (χ1) is 11.6. The van der Waals surface area contributed by atoms with Gasteiger partial charge in [-0.05, 0) is 37.1 Å². The molecule has 3 heterocycles. The topological polar surface area (TPSA) is 61.9 Å². The first kappa shape index (κ1) is 15.1. The Labute approximate surface area is 144 Å². The van der Waals surface area contributed by atoms with Crippen LogP contribution in [0.2, 0.25) is 5.02 Å². The zero-order valence-electron chi connectivity index (χ0n) is 13.3. The third kappa shape index (κ3) is 2.65. The number of carbonyl (C=O) groups excluding carboxylic acids is 1. The Kier molecular flexibility index (Phi) is 3.73. The summed E-state index contributed by atoms with van der Waals surface area (Å²) in [5.41, 5.74) is 3.41. The molecule has 0 saturated carbocycles. The van der Waals surface area contributed by atoms with Crippen LogP contribution >= 0.6 is 11.6 Å². The Morgan fingerprint density at radius 1 is 1.33 bits per heavy atom. The number of likely N-dealkylation sites (tertiary alicyclic amines) is 1. The van der Waals surface area contributed by atoms with Gasteiger partial charge in [-0.1, -0.05) is 23.7 Å². The van der Waals surface area contributed by atoms with Gasteiger partial charge in [-0.2, -0.15) is 5.10 Å². The van der Waals surface area contributed by atoms with Crippen LogP contribution in [-0.2, 0) is 0 Å². The third-order valence-electron chi connectivity index (χ3n) is 4.66. The summed E-state index contributed by atoms with van der Waals surface area (Å²) in [7, 11) is 0. The lowest BCUT2D eigenvalue weighted by molar-refractivity contribution is 0.0790. The minimum atomic E-state index is 0.0291. The van der Waals surface area contributed by atoms with Crippen molar-refractivity contribution < 1.29 is 4.79 Å². The molecule has 1 aliphatic heterocycles. The summed E-state index contributed by atoms with van der Waals surface area (Å²) in [6.45, 7) is 3.41. The van der Waals surface area contributed by atoms with Gasteiger partial charge in [0.2, 0.25) is 0 Å². The number of aromatic amines is 1. The number of nitrogens with one attached hydrogen (secondary N) is 1. The van der Waals surface area contributed by atoms with Gasteiger partial charge in [0.15, 0.2) is 5.65 Å². The molecule has 2 aromatic heterocycles. The predicted molar refractivity (Wildman–Crippen MR) is 93.3 cm³/mol. The molecule has 1 aromatic carbocycles. The van der Waals surface area contributed by atoms with Gasteiger partial charge in [0.05, 0.1) is 5.56 Å². The second-order valence-electron chi connectivity index (χ2n) is 6.23. The van der Waals surface area contributed by atoms with E-state index < -0.39 is 0 Å². The van der Waals surface area contributed by atoms with Crippen molar-refractivity contribution in [1.29, 1.82) is 0 Å². The first-order valence-corrected chi connectivity index (χ1v) is 8.35. The fourth-order valence-electron chi connectivity index (χ4n) is 3.27. The fraction of sp³-hybridized carbons (Fsp3) is 0.278. The zero-order valence-corrected chi connectivity index (χ0v) is 14.0. The highest BCUT2D eigenvalue weighted by molar-refractivity contribution is 6.30. The van der Waals surface area contributed by atoms with Gasteiger partial charge < -0.3 is 4.90 Å². The van der Waals surface area contributed by atoms with Crippen molar-refractivity contribution in [1.82, 2.24) is 20.1 Å². The van der Waals surface area contributed by atoms with Gasteiger partial charge in [-0.3, -0.25) is 9.89 Å². The van der Waals surface area contributed by atoms with Crippen molar-refractivity contribution in [3.63, 3.8) is 0 Å². The van der Waals surface area contributed by atoms with E-state index in [9.17, 15) is 4.79 Å². The summed E-state index contributed by atoms with van der Waals surface area (Å²) in [5.74, 6) is 0.389. The summed E-state index contributed by atoms with van der Waals surface area (Å²) in [5, 5.41) is 8.63. The quantitative estimate of drug-likeness (QED) is 0.776. The van der Waals surface area contributed by atoms with Gasteiger partial charge in [0.25, 0.3) is 5.91 Å². The Morgan fingerprint density at radius 3 is 2.92 bits per heavy atom. The molecule has 0 bridgehead atoms. The van der Waals surface area contributed by atoms with Gasteiger partial charge in [-0.15, -0.1) is 0 Å². The van der Waals surface area contributed by atoms with E-state index in [1.54, 1.807) is 6.20 Å². The highest BCUT2D eigenvalue weighted by atomic mass is 35.5. The summed E-state index contributed by atoms with van der Waals surface area (Å²) in [4.78, 5) is 19.0. The van der Waals surface area contributed by atoms with E-state index in [2.05, 4.69) is 15.2 Å². The molecule has 1 unspecified atom stereocenters. The maximum atomic E-state index is 12.8. The standard InChI is InChI=1S/C18H17ClN4O/c1-11-16-8-14(9-20-17(16)22-21-11)18(24)23-7-6-13(10-23)12-2-4-15(19)5-3-12/h2-5,8-9,13H,6-7,10H2,1H3,(H,20,21,22). The minimum absolute atomic E-state index is 0.0291. The van der Waals surface area contributed by atoms with E-state index in [-0.39, 0.29) is 5.91 Å². The van der Waals surface area contributed by atoms with Crippen molar-refractivity contribution in [2.24, 2.45) is 0 Å². The van der Waals surface area contributed by atoms with Crippen LogP contribution in [0.3, 0.4) is 0 Å². The van der Waals surface area contributed by atoms with E-state index >= 15 is 0 Å². The molecule has 5 nitrogen and oxygen atoms in total. The van der Waals surface area contributed by atoms with Gasteiger partial charge in [-0.25, -0.2) is 4.98 Å². The molecule has 6 heteroatoms. The molecule has 0 aliphatic carbocycles. The van der Waals surface area contributed by atoms with E-state index in [0.717, 1.165) is 35.6 Å². The Balaban J connectivity index is 1.54. The Bertz CT molecular complexity index is 903. The molecule has 24 heavy (non-hydrogen) atoms. The average molecular weight is 341 g/mol. The molecule has 0 spiro atoms. The van der Waals surface area contributed by atoms with Crippen LogP contribution < -0.4 is 0 Å². The molecule has 3 aromatic rings. The number of aryl methyl sites for hydroxylation is 1. The number of H-pyrrole nitrogens is 1. The largest absolute Gasteiger partial charge is 0.338 e. The van der Waals surface area contributed by atoms with Crippen molar-refractivity contribution in [2.45, 2.75) is 19.3 Å². The van der Waals surface area contributed by atoms with Crippen molar-refractivity contribution in [3.8, 4) is 0 Å². The number of carbonyl (C=O) groups is 1. The summed E-state index contributed by atoms with van der Waals surface area (Å²) in [6.07, 6.45) is 2.58. The Hall–Kier alpha value is -2.40. The lowest BCUT2D eigenvalue weighted by Crippen LogP contribution is -2.28. The minimum Gasteiger partial charge on any atom is -0.338 e. The second-order valence-corrected chi connectivity index (χ2v) is 6.67. The molecular weight excluding hydrogens is 324 g/mol. The van der Waals surface area contributed by atoms with Gasteiger partial charge >= 0.3 is 0 Å². The number of hydrogen-bond donors (Lipinski definition) is 1. The summed E-state index contributed by atoms with van der Waals surface area (Å²) < 4.78 is 0. The van der Waals surface area contributed by atoms with Crippen molar-refractivity contribution >= 4 is 28.5 Å². The van der Waals surface area contributed by atoms with E-state index in [4.69, 9.17) is 11.6 Å². The average Bonchev–Trinajstić information content (AvgIpc) is 3.22. The maximum absolute atomic E-state index is 12.8. The number of benzene rings is 1. The molecule has 122 valence electrons. The van der Waals surface area contributed by atoms with Gasteiger partial charge in [0.1, 0.15) is 0 Å². The first-order valence-electron chi connectivity index (χ1n) is 7.97. The number of amides is 1. The number of hydrogen-bond acceptors (Lipinski definition) is 3. The van der Waals surface area contributed by atoms with Crippen LogP contribution in [0.4, 0.5) is 0 Å². The number of nitrogens with zero attached hydrogens (tertiary/aromatic N) is 3. The lowest BCUT2D eigenvalue weighted by atomic mass is 9.99. The molecular formula is C18H17ClN4O. The molecule has 4 rings (SSSR count). The Morgan fingerprint density at radius 2 is 2.12 bits per heavy atom. The SMILES string of the molecule is Cc1[nH]nc2ncc(C(=O)N3CCC(c4ccc(Cl)cc4)C3)cc12. The maximum Gasteiger partial charge on any atom is 0.255 e. The smallest absolute Gasteiger partial charge is 0.255 e. The van der Waals surface area contributed by atoms with Crippen molar-refractivity contribution in [3.05, 3.63) is 58.4 Å². The molecule has 1 fully saturated rings. The molecule has 1 amide bonds. The zero-order chi connectivity index (χ0) is 16.7. The van der Waals surface area contributed by atoms with Crippen LogP contribution in [-0.4, -0.2) is 39.1 Å². The summed E-state index contributed by atoms with van der Waals surface area (Å²) >= 11 is 5.95. The highest BCUT2D eigenvalue weighted by Gasteiger charge is 2.28. The molecule has 1 aliphatic rings. The monoisotopic (exact) mass is 340 g/mol. The fourth-order valence-corrected chi connectivity index (χ4v) is 3.40. The van der Waals surface area contributed by atoms with Crippen LogP contribution in [0, 0.1) is 6.92 Å². The number of rotatable bonds is 2. The molecule has 1 saturated heterocycles.